The summed E-state index contributed by atoms with van der Waals surface area (Å²) >= 11 is 0. The Labute approximate surface area is 91.6 Å². The van der Waals surface area contributed by atoms with Crippen LogP contribution in [0.25, 0.3) is 0 Å². The Hall–Kier alpha value is -0.870. The molecule has 0 amide bonds. The molecule has 0 heterocycles. The van der Waals surface area contributed by atoms with Crippen LogP contribution in [-0.2, 0) is 10.0 Å². The third kappa shape index (κ3) is 3.64. The number of hydrogen-bond acceptors (Lipinski definition) is 2. The third-order valence-electron chi connectivity index (χ3n) is 2.31. The molecule has 1 rings (SSSR count). The minimum Gasteiger partial charge on any atom is -0.212 e. The van der Waals surface area contributed by atoms with Gasteiger partial charge < -0.3 is 0 Å². The Kier molecular flexibility index (Phi) is 4.29. The summed E-state index contributed by atoms with van der Waals surface area (Å²) < 4.78 is 25.5. The summed E-state index contributed by atoms with van der Waals surface area (Å²) in [4.78, 5) is 0. The van der Waals surface area contributed by atoms with E-state index in [1.807, 2.05) is 37.3 Å². The van der Waals surface area contributed by atoms with Crippen molar-refractivity contribution in [1.82, 2.24) is 4.72 Å². The second-order valence-electron chi connectivity index (χ2n) is 3.39. The zero-order valence-electron chi connectivity index (χ0n) is 9.10. The van der Waals surface area contributed by atoms with Crippen LogP contribution in [0.5, 0.6) is 0 Å². The average Bonchev–Trinajstić information content (AvgIpc) is 2.27. The van der Waals surface area contributed by atoms with Crippen molar-refractivity contribution >= 4 is 10.0 Å². The van der Waals surface area contributed by atoms with Crippen LogP contribution in [0, 0.1) is 0 Å². The zero-order valence-corrected chi connectivity index (χ0v) is 9.92. The first-order chi connectivity index (χ1) is 7.09. The second kappa shape index (κ2) is 5.28. The van der Waals surface area contributed by atoms with Gasteiger partial charge in [-0.2, -0.15) is 0 Å². The minimum absolute atomic E-state index is 0.115. The molecule has 1 aromatic rings. The number of nitrogens with one attached hydrogen (secondary N) is 1. The molecule has 15 heavy (non-hydrogen) atoms. The van der Waals surface area contributed by atoms with Gasteiger partial charge in [-0.05, 0) is 18.9 Å². The summed E-state index contributed by atoms with van der Waals surface area (Å²) in [6.45, 7) is 3.61. The molecule has 0 aliphatic heterocycles. The smallest absolute Gasteiger partial charge is 0.211 e. The second-order valence-corrected chi connectivity index (χ2v) is 5.44. The molecule has 1 unspecified atom stereocenters. The maximum Gasteiger partial charge on any atom is 0.211 e. The van der Waals surface area contributed by atoms with Gasteiger partial charge in [-0.3, -0.25) is 0 Å². The first-order valence-electron chi connectivity index (χ1n) is 5.14. The number of hydrogen-bond donors (Lipinski definition) is 1. The highest BCUT2D eigenvalue weighted by atomic mass is 32.2. The molecule has 0 fully saturated rings. The van der Waals surface area contributed by atoms with Crippen LogP contribution in [0.4, 0.5) is 0 Å². The molecular weight excluding hydrogens is 210 g/mol. The summed E-state index contributed by atoms with van der Waals surface area (Å²) in [6.07, 6.45) is 0.753. The van der Waals surface area contributed by atoms with E-state index in [0.717, 1.165) is 12.0 Å². The van der Waals surface area contributed by atoms with Crippen LogP contribution < -0.4 is 4.72 Å². The average molecular weight is 227 g/mol. The molecule has 0 aliphatic carbocycles. The standard InChI is InChI=1S/C11H17NO2S/c1-3-11(12-15(13,14)4-2)10-8-6-5-7-9-10/h5-9,11-12H,3-4H2,1-2H3. The Balaban J connectivity index is 2.83. The molecule has 0 saturated carbocycles. The summed E-state index contributed by atoms with van der Waals surface area (Å²) in [5, 5.41) is 0. The maximum absolute atomic E-state index is 11.4. The molecule has 0 spiro atoms. The van der Waals surface area contributed by atoms with E-state index in [1.54, 1.807) is 6.92 Å². The van der Waals surface area contributed by atoms with E-state index in [1.165, 1.54) is 0 Å². The molecule has 0 radical (unpaired) electrons. The fourth-order valence-corrected chi connectivity index (χ4v) is 2.28. The molecule has 3 nitrogen and oxygen atoms in total. The van der Waals surface area contributed by atoms with Crippen molar-refractivity contribution in [3.63, 3.8) is 0 Å². The highest BCUT2D eigenvalue weighted by Crippen LogP contribution is 2.16. The van der Waals surface area contributed by atoms with Gasteiger partial charge in [0.1, 0.15) is 0 Å². The van der Waals surface area contributed by atoms with Gasteiger partial charge >= 0.3 is 0 Å². The Morgan fingerprint density at radius 3 is 2.27 bits per heavy atom. The zero-order chi connectivity index (χ0) is 11.3. The molecule has 0 aliphatic rings. The lowest BCUT2D eigenvalue weighted by atomic mass is 10.1. The molecule has 1 N–H and O–H groups in total. The molecule has 84 valence electrons. The third-order valence-corrected chi connectivity index (χ3v) is 3.72. The van der Waals surface area contributed by atoms with Gasteiger partial charge in [-0.15, -0.1) is 0 Å². The number of benzene rings is 1. The lowest BCUT2D eigenvalue weighted by molar-refractivity contribution is 0.551. The van der Waals surface area contributed by atoms with Gasteiger partial charge in [0, 0.05) is 6.04 Å². The van der Waals surface area contributed by atoms with E-state index >= 15 is 0 Å². The van der Waals surface area contributed by atoms with Crippen molar-refractivity contribution in [3.05, 3.63) is 35.9 Å². The van der Waals surface area contributed by atoms with Gasteiger partial charge in [0.05, 0.1) is 5.75 Å². The predicted molar refractivity (Wildman–Crippen MR) is 62.1 cm³/mol. The molecular formula is C11H17NO2S. The first-order valence-corrected chi connectivity index (χ1v) is 6.79. The lowest BCUT2D eigenvalue weighted by Crippen LogP contribution is -2.29. The topological polar surface area (TPSA) is 46.2 Å². The van der Waals surface area contributed by atoms with Gasteiger partial charge in [0.15, 0.2) is 0 Å². The highest BCUT2D eigenvalue weighted by molar-refractivity contribution is 7.89. The van der Waals surface area contributed by atoms with E-state index in [9.17, 15) is 8.42 Å². The van der Waals surface area contributed by atoms with Gasteiger partial charge in [-0.1, -0.05) is 37.3 Å². The Morgan fingerprint density at radius 2 is 1.80 bits per heavy atom. The molecule has 0 bridgehead atoms. The summed E-state index contributed by atoms with van der Waals surface area (Å²) in [7, 11) is -3.13. The van der Waals surface area contributed by atoms with Crippen LogP contribution in [0.2, 0.25) is 0 Å². The Morgan fingerprint density at radius 1 is 1.20 bits per heavy atom. The van der Waals surface area contributed by atoms with E-state index in [4.69, 9.17) is 0 Å². The van der Waals surface area contributed by atoms with E-state index < -0.39 is 10.0 Å². The fraction of sp³-hybridized carbons (Fsp3) is 0.455. The van der Waals surface area contributed by atoms with Crippen molar-refractivity contribution in [2.24, 2.45) is 0 Å². The Bertz CT molecular complexity index is 386. The monoisotopic (exact) mass is 227 g/mol. The quantitative estimate of drug-likeness (QED) is 0.837. The van der Waals surface area contributed by atoms with Crippen molar-refractivity contribution < 1.29 is 8.42 Å². The van der Waals surface area contributed by atoms with Crippen molar-refractivity contribution in [2.75, 3.05) is 5.75 Å². The summed E-state index contributed by atoms with van der Waals surface area (Å²) in [5.74, 6) is 0.121. The SMILES string of the molecule is CCC(NS(=O)(=O)CC)c1ccccc1. The number of rotatable bonds is 5. The molecule has 1 aromatic carbocycles. The minimum atomic E-state index is -3.13. The predicted octanol–water partition coefficient (Wildman–Crippen LogP) is 2.08. The van der Waals surface area contributed by atoms with Crippen LogP contribution in [0.15, 0.2) is 30.3 Å². The van der Waals surface area contributed by atoms with E-state index in [0.29, 0.717) is 0 Å². The van der Waals surface area contributed by atoms with E-state index in [2.05, 4.69) is 4.72 Å². The van der Waals surface area contributed by atoms with Crippen LogP contribution in [0.3, 0.4) is 0 Å². The highest BCUT2D eigenvalue weighted by Gasteiger charge is 2.15. The fourth-order valence-electron chi connectivity index (χ4n) is 1.37. The largest absolute Gasteiger partial charge is 0.212 e. The molecule has 1 atom stereocenters. The molecule has 0 aromatic heterocycles. The van der Waals surface area contributed by atoms with Crippen molar-refractivity contribution in [3.8, 4) is 0 Å². The molecule has 0 saturated heterocycles. The first kappa shape index (κ1) is 12.2. The van der Waals surface area contributed by atoms with Crippen molar-refractivity contribution in [1.29, 1.82) is 0 Å². The summed E-state index contributed by atoms with van der Waals surface area (Å²) in [6, 6.07) is 9.51. The van der Waals surface area contributed by atoms with Crippen LogP contribution in [0.1, 0.15) is 31.9 Å². The van der Waals surface area contributed by atoms with Gasteiger partial charge in [0.2, 0.25) is 10.0 Å². The van der Waals surface area contributed by atoms with E-state index in [-0.39, 0.29) is 11.8 Å². The normalized spacial score (nSPS) is 13.7. The number of sulfonamides is 1. The molecule has 4 heteroatoms. The van der Waals surface area contributed by atoms with Crippen LogP contribution in [-0.4, -0.2) is 14.2 Å². The lowest BCUT2D eigenvalue weighted by Gasteiger charge is -2.16. The summed E-state index contributed by atoms with van der Waals surface area (Å²) in [5.41, 5.74) is 1.01. The van der Waals surface area contributed by atoms with Gasteiger partial charge in [-0.25, -0.2) is 13.1 Å². The van der Waals surface area contributed by atoms with Gasteiger partial charge in [0.25, 0.3) is 0 Å². The van der Waals surface area contributed by atoms with Crippen molar-refractivity contribution in [2.45, 2.75) is 26.3 Å². The maximum atomic E-state index is 11.4. The van der Waals surface area contributed by atoms with Crippen LogP contribution >= 0.6 is 0 Å².